The number of hydrogen-bond acceptors (Lipinski definition) is 6. The van der Waals surface area contributed by atoms with E-state index in [4.69, 9.17) is 14.2 Å². The minimum absolute atomic E-state index is 0.0761. The Balaban J connectivity index is 4.21. The molecule has 1 unspecified atom stereocenters. The molecule has 0 amide bonds. The van der Waals surface area contributed by atoms with Crippen LogP contribution in [0, 0.1) is 0 Å². The van der Waals surface area contributed by atoms with E-state index in [0.717, 1.165) is 83.5 Å². The second-order valence-corrected chi connectivity index (χ2v) is 22.4. The molecule has 434 valence electrons. The van der Waals surface area contributed by atoms with Crippen LogP contribution in [0.25, 0.3) is 0 Å². The molecule has 0 spiro atoms. The van der Waals surface area contributed by atoms with E-state index in [2.05, 4.69) is 57.2 Å². The molecule has 74 heavy (non-hydrogen) atoms. The van der Waals surface area contributed by atoms with E-state index >= 15 is 0 Å². The lowest BCUT2D eigenvalue weighted by molar-refractivity contribution is -0.167. The number of esters is 3. The molecule has 0 N–H and O–H groups in total. The lowest BCUT2D eigenvalue weighted by Gasteiger charge is -2.18. The van der Waals surface area contributed by atoms with Crippen molar-refractivity contribution in [2.75, 3.05) is 13.2 Å². The number of carbonyl (C=O) groups is 3. The Morgan fingerprint density at radius 2 is 0.527 bits per heavy atom. The van der Waals surface area contributed by atoms with Gasteiger partial charge in [-0.1, -0.05) is 327 Å². The van der Waals surface area contributed by atoms with Gasteiger partial charge in [0.25, 0.3) is 0 Å². The van der Waals surface area contributed by atoms with E-state index in [1.54, 1.807) is 0 Å². The van der Waals surface area contributed by atoms with Crippen LogP contribution < -0.4 is 0 Å². The fraction of sp³-hybridized carbons (Fsp3) is 0.868. The van der Waals surface area contributed by atoms with Crippen LogP contribution >= 0.6 is 0 Å². The zero-order chi connectivity index (χ0) is 53.6. The molecule has 0 aliphatic carbocycles. The standard InChI is InChI=1S/C68H126O6/c1-4-7-10-13-16-19-22-25-27-29-30-31-32-33-34-35-36-37-39-40-43-46-49-52-55-58-61-67(70)73-64-65(63-72-66(69)60-57-54-51-48-45-42-24-21-18-15-12-9-6-3)74-68(71)62-59-56-53-50-47-44-41-38-28-26-23-20-17-14-11-8-5-2/h9,12,18,21,42,45,65H,4-8,10-11,13-17,19-20,22-41,43-44,46-64H2,1-3H3/b12-9-,21-18-,45-42-. The highest BCUT2D eigenvalue weighted by Gasteiger charge is 2.19. The number of unbranched alkanes of at least 4 members (excludes halogenated alkanes) is 44. The Morgan fingerprint density at radius 3 is 0.824 bits per heavy atom. The number of carbonyl (C=O) groups excluding carboxylic acids is 3. The molecule has 0 aliphatic rings. The van der Waals surface area contributed by atoms with Crippen molar-refractivity contribution in [3.8, 4) is 0 Å². The largest absolute Gasteiger partial charge is 0.462 e. The van der Waals surface area contributed by atoms with Gasteiger partial charge < -0.3 is 14.2 Å². The summed E-state index contributed by atoms with van der Waals surface area (Å²) in [5.41, 5.74) is 0. The van der Waals surface area contributed by atoms with Crippen LogP contribution in [0.15, 0.2) is 36.5 Å². The highest BCUT2D eigenvalue weighted by molar-refractivity contribution is 5.71. The van der Waals surface area contributed by atoms with Crippen molar-refractivity contribution >= 4 is 17.9 Å². The van der Waals surface area contributed by atoms with Gasteiger partial charge in [0.2, 0.25) is 0 Å². The molecule has 0 saturated carbocycles. The minimum Gasteiger partial charge on any atom is -0.462 e. The van der Waals surface area contributed by atoms with E-state index in [1.807, 2.05) is 0 Å². The first kappa shape index (κ1) is 71.6. The summed E-state index contributed by atoms with van der Waals surface area (Å²) in [6.45, 7) is 6.57. The third-order valence-corrected chi connectivity index (χ3v) is 14.9. The number of allylic oxidation sites excluding steroid dienone is 6. The topological polar surface area (TPSA) is 78.9 Å². The van der Waals surface area contributed by atoms with Gasteiger partial charge in [-0.15, -0.1) is 0 Å². The number of ether oxygens (including phenoxy) is 3. The molecule has 0 fully saturated rings. The summed E-state index contributed by atoms with van der Waals surface area (Å²) in [7, 11) is 0. The van der Waals surface area contributed by atoms with Gasteiger partial charge in [0.05, 0.1) is 0 Å². The van der Waals surface area contributed by atoms with Gasteiger partial charge in [-0.3, -0.25) is 14.4 Å². The highest BCUT2D eigenvalue weighted by Crippen LogP contribution is 2.18. The quantitative estimate of drug-likeness (QED) is 0.0261. The van der Waals surface area contributed by atoms with Gasteiger partial charge in [-0.05, 0) is 51.4 Å². The molecule has 0 aromatic carbocycles. The van der Waals surface area contributed by atoms with E-state index in [0.29, 0.717) is 19.3 Å². The highest BCUT2D eigenvalue weighted by atomic mass is 16.6. The summed E-state index contributed by atoms with van der Waals surface area (Å²) in [5.74, 6) is -0.881. The Morgan fingerprint density at radius 1 is 0.284 bits per heavy atom. The van der Waals surface area contributed by atoms with Crippen LogP contribution in [0.3, 0.4) is 0 Å². The first-order chi connectivity index (χ1) is 36.5. The fourth-order valence-corrected chi connectivity index (χ4v) is 9.99. The van der Waals surface area contributed by atoms with E-state index < -0.39 is 6.10 Å². The van der Waals surface area contributed by atoms with Gasteiger partial charge in [-0.2, -0.15) is 0 Å². The second-order valence-electron chi connectivity index (χ2n) is 22.4. The Kier molecular flexibility index (Phi) is 61.1. The molecule has 0 aromatic heterocycles. The van der Waals surface area contributed by atoms with E-state index in [9.17, 15) is 14.4 Å². The van der Waals surface area contributed by atoms with E-state index in [-0.39, 0.29) is 31.1 Å². The summed E-state index contributed by atoms with van der Waals surface area (Å²) >= 11 is 0. The summed E-state index contributed by atoms with van der Waals surface area (Å²) < 4.78 is 16.9. The van der Waals surface area contributed by atoms with Crippen LogP contribution in [0.1, 0.15) is 361 Å². The van der Waals surface area contributed by atoms with E-state index in [1.165, 1.54) is 238 Å². The van der Waals surface area contributed by atoms with Crippen LogP contribution in [-0.2, 0) is 28.6 Å². The molecule has 0 aromatic rings. The number of rotatable bonds is 61. The van der Waals surface area contributed by atoms with Gasteiger partial charge in [-0.25, -0.2) is 0 Å². The summed E-state index contributed by atoms with van der Waals surface area (Å²) in [6, 6.07) is 0. The molecule has 6 nitrogen and oxygen atoms in total. The van der Waals surface area contributed by atoms with Crippen LogP contribution in [0.4, 0.5) is 0 Å². The molecule has 0 aliphatic heterocycles. The molecule has 6 heteroatoms. The van der Waals surface area contributed by atoms with Crippen LogP contribution in [0.5, 0.6) is 0 Å². The first-order valence-corrected chi connectivity index (χ1v) is 33.0. The molecule has 0 heterocycles. The predicted molar refractivity (Wildman–Crippen MR) is 321 cm³/mol. The maximum atomic E-state index is 12.9. The van der Waals surface area contributed by atoms with Crippen molar-refractivity contribution in [2.24, 2.45) is 0 Å². The maximum absolute atomic E-state index is 12.9. The Bertz CT molecular complexity index is 1240. The van der Waals surface area contributed by atoms with Crippen molar-refractivity contribution in [2.45, 2.75) is 367 Å². The molecule has 0 radical (unpaired) electrons. The van der Waals surface area contributed by atoms with Crippen molar-refractivity contribution in [3.63, 3.8) is 0 Å². The van der Waals surface area contributed by atoms with Gasteiger partial charge in [0.1, 0.15) is 13.2 Å². The van der Waals surface area contributed by atoms with Gasteiger partial charge in [0.15, 0.2) is 6.10 Å². The van der Waals surface area contributed by atoms with Crippen molar-refractivity contribution < 1.29 is 28.6 Å². The van der Waals surface area contributed by atoms with Gasteiger partial charge >= 0.3 is 17.9 Å². The first-order valence-electron chi connectivity index (χ1n) is 33.0. The lowest BCUT2D eigenvalue weighted by atomic mass is 10.0. The number of hydrogen-bond donors (Lipinski definition) is 0. The van der Waals surface area contributed by atoms with Crippen molar-refractivity contribution in [3.05, 3.63) is 36.5 Å². The second kappa shape index (κ2) is 63.2. The molecule has 0 saturated heterocycles. The predicted octanol–water partition coefficient (Wildman–Crippen LogP) is 22.4. The average Bonchev–Trinajstić information content (AvgIpc) is 3.40. The summed E-state index contributed by atoms with van der Waals surface area (Å²) in [4.78, 5) is 38.3. The van der Waals surface area contributed by atoms with Crippen molar-refractivity contribution in [1.82, 2.24) is 0 Å². The monoisotopic (exact) mass is 1040 g/mol. The zero-order valence-electron chi connectivity index (χ0n) is 49.9. The zero-order valence-corrected chi connectivity index (χ0v) is 49.9. The minimum atomic E-state index is -0.781. The fourth-order valence-electron chi connectivity index (χ4n) is 9.99. The smallest absolute Gasteiger partial charge is 0.306 e. The normalized spacial score (nSPS) is 12.2. The third-order valence-electron chi connectivity index (χ3n) is 14.9. The Hall–Kier alpha value is -2.37. The van der Waals surface area contributed by atoms with Crippen LogP contribution in [0.2, 0.25) is 0 Å². The Labute approximate surface area is 461 Å². The molecule has 1 atom stereocenters. The molecule has 0 rings (SSSR count). The lowest BCUT2D eigenvalue weighted by Crippen LogP contribution is -2.30. The van der Waals surface area contributed by atoms with Crippen LogP contribution in [-0.4, -0.2) is 37.2 Å². The summed E-state index contributed by atoms with van der Waals surface area (Å²) in [5, 5.41) is 0. The maximum Gasteiger partial charge on any atom is 0.306 e. The van der Waals surface area contributed by atoms with Gasteiger partial charge in [0, 0.05) is 19.3 Å². The molecular formula is C68H126O6. The van der Waals surface area contributed by atoms with Crippen molar-refractivity contribution in [1.29, 1.82) is 0 Å². The molecule has 0 bridgehead atoms. The summed E-state index contributed by atoms with van der Waals surface area (Å²) in [6.07, 6.45) is 77.5. The molecular weight excluding hydrogens is 913 g/mol. The average molecular weight is 1040 g/mol. The SMILES string of the molecule is CC/C=C\C/C=C\C/C=C\CCCCCC(=O)OCC(COC(=O)CCCCCCCCCCCCCCCCCCCCCCCCCCCC)OC(=O)CCCCCCCCCCCCCCCCCCC. The third kappa shape index (κ3) is 60.5.